The van der Waals surface area contributed by atoms with Crippen molar-refractivity contribution in [3.8, 4) is 0 Å². The van der Waals surface area contributed by atoms with Crippen molar-refractivity contribution in [3.05, 3.63) is 109 Å². The van der Waals surface area contributed by atoms with Crippen LogP contribution in [0.2, 0.25) is 0 Å². The minimum absolute atomic E-state index is 0.0914. The Morgan fingerprint density at radius 3 is 0.844 bits per heavy atom. The summed E-state index contributed by atoms with van der Waals surface area (Å²) < 4.78 is 16.9. The van der Waals surface area contributed by atoms with Crippen LogP contribution in [0.15, 0.2) is 109 Å². The zero-order valence-electron chi connectivity index (χ0n) is 50.4. The smallest absolute Gasteiger partial charge is 0.306 e. The molecule has 0 aliphatic carbocycles. The molecule has 0 aliphatic rings. The lowest BCUT2D eigenvalue weighted by Gasteiger charge is -2.18. The molecule has 77 heavy (non-hydrogen) atoms. The zero-order chi connectivity index (χ0) is 55.7. The Balaban J connectivity index is 4.35. The van der Waals surface area contributed by atoms with Crippen molar-refractivity contribution >= 4 is 17.9 Å². The lowest BCUT2D eigenvalue weighted by atomic mass is 10.0. The van der Waals surface area contributed by atoms with E-state index in [1.54, 1.807) is 0 Å². The van der Waals surface area contributed by atoms with Gasteiger partial charge in [0.2, 0.25) is 0 Å². The van der Waals surface area contributed by atoms with Gasteiger partial charge >= 0.3 is 17.9 Å². The molecule has 1 unspecified atom stereocenters. The number of ether oxygens (including phenoxy) is 3. The Morgan fingerprint density at radius 1 is 0.273 bits per heavy atom. The summed E-state index contributed by atoms with van der Waals surface area (Å²) in [6.45, 7) is 6.44. The Morgan fingerprint density at radius 2 is 0.532 bits per heavy atom. The van der Waals surface area contributed by atoms with Gasteiger partial charge in [-0.25, -0.2) is 0 Å². The second-order valence-electron chi connectivity index (χ2n) is 21.3. The fourth-order valence-electron chi connectivity index (χ4n) is 8.89. The van der Waals surface area contributed by atoms with Crippen molar-refractivity contribution < 1.29 is 28.6 Å². The topological polar surface area (TPSA) is 78.9 Å². The molecule has 0 bridgehead atoms. The molecule has 1 atom stereocenters. The average molecular weight is 1070 g/mol. The monoisotopic (exact) mass is 1070 g/mol. The van der Waals surface area contributed by atoms with Gasteiger partial charge in [0.15, 0.2) is 6.10 Å². The number of esters is 3. The SMILES string of the molecule is CC/C=C\C/C=C\C/C=C\C/C=C\C/C=C\CCCCCCCC(=O)OC(COC(=O)CCCCCCC/C=C\C/C=C\CCC)COC(=O)CCCCCCCCCCCCCCC/C=C\C/C=C\CCCCCCC. The van der Waals surface area contributed by atoms with Gasteiger partial charge < -0.3 is 14.2 Å². The van der Waals surface area contributed by atoms with E-state index in [1.165, 1.54) is 116 Å². The third kappa shape index (κ3) is 62.8. The Hall–Kier alpha value is -3.93. The van der Waals surface area contributed by atoms with E-state index in [-0.39, 0.29) is 31.1 Å². The lowest BCUT2D eigenvalue weighted by molar-refractivity contribution is -0.167. The largest absolute Gasteiger partial charge is 0.462 e. The van der Waals surface area contributed by atoms with Crippen LogP contribution in [0.25, 0.3) is 0 Å². The molecule has 0 fully saturated rings. The maximum atomic E-state index is 12.9. The molecule has 0 aromatic carbocycles. The lowest BCUT2D eigenvalue weighted by Crippen LogP contribution is -2.30. The molecule has 0 spiro atoms. The molecule has 440 valence electrons. The summed E-state index contributed by atoms with van der Waals surface area (Å²) in [5.74, 6) is -0.919. The highest BCUT2D eigenvalue weighted by Crippen LogP contribution is 2.16. The van der Waals surface area contributed by atoms with Gasteiger partial charge in [0, 0.05) is 19.3 Å². The third-order valence-electron chi connectivity index (χ3n) is 13.7. The fraction of sp³-hybridized carbons (Fsp3) is 0.704. The zero-order valence-corrected chi connectivity index (χ0v) is 50.4. The van der Waals surface area contributed by atoms with Crippen LogP contribution in [0.3, 0.4) is 0 Å². The number of carbonyl (C=O) groups is 3. The molecule has 0 saturated heterocycles. The van der Waals surface area contributed by atoms with Gasteiger partial charge in [-0.15, -0.1) is 0 Å². The molecule has 0 aromatic heterocycles. The Labute approximate surface area is 476 Å². The van der Waals surface area contributed by atoms with E-state index in [2.05, 4.69) is 130 Å². The molecule has 6 nitrogen and oxygen atoms in total. The van der Waals surface area contributed by atoms with E-state index in [1.807, 2.05) is 0 Å². The summed E-state index contributed by atoms with van der Waals surface area (Å²) >= 11 is 0. The predicted molar refractivity (Wildman–Crippen MR) is 334 cm³/mol. The first kappa shape index (κ1) is 73.1. The van der Waals surface area contributed by atoms with E-state index in [0.29, 0.717) is 19.3 Å². The quantitative estimate of drug-likeness (QED) is 0.0261. The minimum Gasteiger partial charge on any atom is -0.462 e. The molecule has 0 aliphatic heterocycles. The summed E-state index contributed by atoms with van der Waals surface area (Å²) in [7, 11) is 0. The van der Waals surface area contributed by atoms with Crippen LogP contribution in [0.5, 0.6) is 0 Å². The van der Waals surface area contributed by atoms with Crippen LogP contribution < -0.4 is 0 Å². The van der Waals surface area contributed by atoms with E-state index in [4.69, 9.17) is 14.2 Å². The molecule has 0 rings (SSSR count). The Bertz CT molecular complexity index is 1560. The standard InChI is InChI=1S/C71H120O6/c1-4-7-10-13-16-19-22-25-27-29-31-33-34-35-36-38-39-41-43-46-49-52-55-58-61-64-70(73)76-67-68(66-75-69(72)63-60-57-54-51-48-45-24-21-18-15-12-9-6-3)77-71(74)65-62-59-56-53-50-47-44-42-40-37-32-30-28-26-23-20-17-14-11-8-5-2/h8,11-12,15,17,20-22,24-26,28-29,31-32,37,42,44,68H,4-7,9-10,13-14,16,18-19,23,27,30,33-36,38-41,43,45-67H2,1-3H3/b11-8-,15-12-,20-17-,24-21-,25-22-,28-26-,31-29-,37-32-,44-42-. The van der Waals surface area contributed by atoms with E-state index in [0.717, 1.165) is 148 Å². The highest BCUT2D eigenvalue weighted by atomic mass is 16.6. The minimum atomic E-state index is -0.798. The number of hydrogen-bond donors (Lipinski definition) is 0. The second-order valence-corrected chi connectivity index (χ2v) is 21.3. The van der Waals surface area contributed by atoms with Crippen molar-refractivity contribution in [3.63, 3.8) is 0 Å². The molecule has 0 N–H and O–H groups in total. The van der Waals surface area contributed by atoms with Gasteiger partial charge in [-0.3, -0.25) is 14.4 Å². The highest BCUT2D eigenvalue weighted by molar-refractivity contribution is 5.71. The predicted octanol–water partition coefficient (Wildman–Crippen LogP) is 22.2. The van der Waals surface area contributed by atoms with Crippen LogP contribution >= 0.6 is 0 Å². The van der Waals surface area contributed by atoms with Gasteiger partial charge in [0.1, 0.15) is 13.2 Å². The maximum absolute atomic E-state index is 12.9. The van der Waals surface area contributed by atoms with Crippen molar-refractivity contribution in [2.45, 2.75) is 309 Å². The summed E-state index contributed by atoms with van der Waals surface area (Å²) in [6, 6.07) is 0. The molecular formula is C71H120O6. The number of rotatable bonds is 58. The van der Waals surface area contributed by atoms with Gasteiger partial charge in [0.25, 0.3) is 0 Å². The van der Waals surface area contributed by atoms with E-state index < -0.39 is 6.10 Å². The first-order valence-electron chi connectivity index (χ1n) is 32.4. The van der Waals surface area contributed by atoms with Crippen LogP contribution in [-0.2, 0) is 28.6 Å². The van der Waals surface area contributed by atoms with E-state index in [9.17, 15) is 14.4 Å². The molecule has 0 saturated carbocycles. The average Bonchev–Trinajstić information content (AvgIpc) is 3.43. The first-order valence-corrected chi connectivity index (χ1v) is 32.4. The second kappa shape index (κ2) is 64.6. The van der Waals surface area contributed by atoms with Crippen molar-refractivity contribution in [1.82, 2.24) is 0 Å². The first-order chi connectivity index (χ1) is 38.0. The van der Waals surface area contributed by atoms with E-state index >= 15 is 0 Å². The van der Waals surface area contributed by atoms with Crippen molar-refractivity contribution in [2.75, 3.05) is 13.2 Å². The molecular weight excluding hydrogens is 949 g/mol. The van der Waals surface area contributed by atoms with Crippen LogP contribution in [0.1, 0.15) is 303 Å². The van der Waals surface area contributed by atoms with Gasteiger partial charge in [-0.2, -0.15) is 0 Å². The molecule has 0 amide bonds. The van der Waals surface area contributed by atoms with Crippen molar-refractivity contribution in [2.24, 2.45) is 0 Å². The van der Waals surface area contributed by atoms with Crippen molar-refractivity contribution in [1.29, 1.82) is 0 Å². The van der Waals surface area contributed by atoms with Crippen LogP contribution in [0.4, 0.5) is 0 Å². The summed E-state index contributed by atoms with van der Waals surface area (Å²) in [5.41, 5.74) is 0. The van der Waals surface area contributed by atoms with Gasteiger partial charge in [-0.05, 0) is 122 Å². The maximum Gasteiger partial charge on any atom is 0.306 e. The fourth-order valence-corrected chi connectivity index (χ4v) is 8.89. The molecule has 0 heterocycles. The van der Waals surface area contributed by atoms with Crippen LogP contribution in [-0.4, -0.2) is 37.2 Å². The highest BCUT2D eigenvalue weighted by Gasteiger charge is 2.19. The number of unbranched alkanes of at least 4 members (excludes halogenated alkanes) is 29. The molecule has 0 radical (unpaired) electrons. The summed E-state index contributed by atoms with van der Waals surface area (Å²) in [6.07, 6.45) is 88.1. The number of allylic oxidation sites excluding steroid dienone is 18. The molecule has 6 heteroatoms. The Kier molecular flexibility index (Phi) is 61.3. The van der Waals surface area contributed by atoms with Gasteiger partial charge in [0.05, 0.1) is 0 Å². The normalized spacial score (nSPS) is 12.8. The molecule has 0 aromatic rings. The third-order valence-corrected chi connectivity index (χ3v) is 13.7. The number of hydrogen-bond acceptors (Lipinski definition) is 6. The van der Waals surface area contributed by atoms with Gasteiger partial charge in [-0.1, -0.05) is 271 Å². The van der Waals surface area contributed by atoms with Crippen LogP contribution in [0, 0.1) is 0 Å². The summed E-state index contributed by atoms with van der Waals surface area (Å²) in [4.78, 5) is 38.3. The number of carbonyl (C=O) groups excluding carboxylic acids is 3. The summed E-state index contributed by atoms with van der Waals surface area (Å²) in [5, 5.41) is 0.